The van der Waals surface area contributed by atoms with Gasteiger partial charge in [-0.2, -0.15) is 0 Å². The molecular weight excluding hydrogens is 210 g/mol. The van der Waals surface area contributed by atoms with Crippen LogP contribution in [0.25, 0.3) is 0 Å². The number of rotatable bonds is 1. The topological polar surface area (TPSA) is 75.5 Å². The van der Waals surface area contributed by atoms with Crippen molar-refractivity contribution in [3.63, 3.8) is 0 Å². The van der Waals surface area contributed by atoms with Crippen LogP contribution in [0.4, 0.5) is 11.4 Å². The lowest BCUT2D eigenvalue weighted by atomic mass is 10.1. The van der Waals surface area contributed by atoms with E-state index in [2.05, 4.69) is 5.32 Å². The molecule has 1 N–H and O–H groups in total. The Bertz CT molecular complexity index is 472. The summed E-state index contributed by atoms with van der Waals surface area (Å²) in [6, 6.07) is 4.57. The molecule has 1 unspecified atom stereocenters. The van der Waals surface area contributed by atoms with E-state index in [0.29, 0.717) is 5.69 Å². The van der Waals surface area contributed by atoms with E-state index in [0.717, 1.165) is 0 Å². The molecule has 1 heterocycles. The standard InChI is InChI=1S/C10H11N3O3/c1-6-11-7-4-3-5-8(13(15)16)9(7)10(14)12(6)2/h3-6,11H,1-2H3. The van der Waals surface area contributed by atoms with Crippen LogP contribution in [0.15, 0.2) is 18.2 Å². The van der Waals surface area contributed by atoms with Crippen molar-refractivity contribution in [3.8, 4) is 0 Å². The third-order valence-corrected chi connectivity index (χ3v) is 2.72. The number of nitrogens with one attached hydrogen (secondary N) is 1. The molecule has 6 heteroatoms. The Morgan fingerprint density at radius 2 is 2.19 bits per heavy atom. The minimum absolute atomic E-state index is 0.133. The summed E-state index contributed by atoms with van der Waals surface area (Å²) in [6.45, 7) is 1.82. The molecule has 0 saturated carbocycles. The van der Waals surface area contributed by atoms with Gasteiger partial charge in [0.25, 0.3) is 11.6 Å². The van der Waals surface area contributed by atoms with Crippen LogP contribution in [0.1, 0.15) is 17.3 Å². The number of hydrogen-bond donors (Lipinski definition) is 1. The first-order valence-electron chi connectivity index (χ1n) is 4.83. The zero-order valence-corrected chi connectivity index (χ0v) is 8.93. The molecule has 1 aliphatic rings. The van der Waals surface area contributed by atoms with Gasteiger partial charge in [0.2, 0.25) is 0 Å². The van der Waals surface area contributed by atoms with E-state index in [-0.39, 0.29) is 23.3 Å². The summed E-state index contributed by atoms with van der Waals surface area (Å²) in [7, 11) is 1.61. The largest absolute Gasteiger partial charge is 0.364 e. The smallest absolute Gasteiger partial charge is 0.284 e. The van der Waals surface area contributed by atoms with Gasteiger partial charge in [0, 0.05) is 13.1 Å². The number of nitro groups is 1. The Balaban J connectivity index is 2.62. The molecule has 0 bridgehead atoms. The van der Waals surface area contributed by atoms with Gasteiger partial charge in [0.1, 0.15) is 5.56 Å². The van der Waals surface area contributed by atoms with E-state index < -0.39 is 4.92 Å². The van der Waals surface area contributed by atoms with Crippen LogP contribution in [0.2, 0.25) is 0 Å². The first-order valence-corrected chi connectivity index (χ1v) is 4.83. The second-order valence-corrected chi connectivity index (χ2v) is 3.69. The summed E-state index contributed by atoms with van der Waals surface area (Å²) in [5.74, 6) is -0.325. The van der Waals surface area contributed by atoms with Gasteiger partial charge in [-0.15, -0.1) is 0 Å². The Labute approximate surface area is 92.0 Å². The first kappa shape index (κ1) is 10.4. The molecule has 84 valence electrons. The molecule has 1 atom stereocenters. The van der Waals surface area contributed by atoms with Crippen LogP contribution < -0.4 is 5.32 Å². The molecule has 0 saturated heterocycles. The predicted molar refractivity (Wildman–Crippen MR) is 58.3 cm³/mol. The summed E-state index contributed by atoms with van der Waals surface area (Å²) in [5, 5.41) is 13.8. The summed E-state index contributed by atoms with van der Waals surface area (Å²) < 4.78 is 0. The Kier molecular flexibility index (Phi) is 2.26. The van der Waals surface area contributed by atoms with E-state index >= 15 is 0 Å². The van der Waals surface area contributed by atoms with Gasteiger partial charge in [-0.3, -0.25) is 14.9 Å². The van der Waals surface area contributed by atoms with E-state index in [9.17, 15) is 14.9 Å². The van der Waals surface area contributed by atoms with E-state index in [1.54, 1.807) is 19.2 Å². The molecule has 0 aromatic heterocycles. The zero-order chi connectivity index (χ0) is 11.9. The van der Waals surface area contributed by atoms with Crippen molar-refractivity contribution in [2.24, 2.45) is 0 Å². The second-order valence-electron chi connectivity index (χ2n) is 3.69. The maximum Gasteiger partial charge on any atom is 0.284 e. The molecule has 0 fully saturated rings. The average Bonchev–Trinajstić information content (AvgIpc) is 2.25. The number of nitro benzene ring substituents is 1. The lowest BCUT2D eigenvalue weighted by Crippen LogP contribution is -2.44. The number of anilines is 1. The number of hydrogen-bond acceptors (Lipinski definition) is 4. The minimum atomic E-state index is -0.539. The molecule has 0 aliphatic carbocycles. The number of amides is 1. The van der Waals surface area contributed by atoms with Crippen LogP contribution in [-0.2, 0) is 0 Å². The molecule has 16 heavy (non-hydrogen) atoms. The quantitative estimate of drug-likeness (QED) is 0.575. The van der Waals surface area contributed by atoms with Crippen LogP contribution in [0, 0.1) is 10.1 Å². The van der Waals surface area contributed by atoms with Crippen molar-refractivity contribution in [1.82, 2.24) is 4.90 Å². The normalized spacial score (nSPS) is 19.0. The molecular formula is C10H11N3O3. The maximum atomic E-state index is 11.9. The molecule has 0 spiro atoms. The zero-order valence-electron chi connectivity index (χ0n) is 8.93. The number of fused-ring (bicyclic) bond motifs is 1. The van der Waals surface area contributed by atoms with E-state index in [4.69, 9.17) is 0 Å². The van der Waals surface area contributed by atoms with Gasteiger partial charge in [0.15, 0.2) is 0 Å². The third kappa shape index (κ3) is 1.39. The van der Waals surface area contributed by atoms with Gasteiger partial charge in [-0.1, -0.05) is 6.07 Å². The highest BCUT2D eigenvalue weighted by Gasteiger charge is 2.32. The lowest BCUT2D eigenvalue weighted by Gasteiger charge is -2.32. The first-order chi connectivity index (χ1) is 7.52. The predicted octanol–water partition coefficient (Wildman–Crippen LogP) is 1.44. The van der Waals surface area contributed by atoms with Crippen LogP contribution in [0.5, 0.6) is 0 Å². The summed E-state index contributed by atoms with van der Waals surface area (Å²) in [5.41, 5.74) is 0.492. The van der Waals surface area contributed by atoms with Crippen molar-refractivity contribution < 1.29 is 9.72 Å². The minimum Gasteiger partial charge on any atom is -0.364 e. The Morgan fingerprint density at radius 3 is 2.81 bits per heavy atom. The number of carbonyl (C=O) groups excluding carboxylic acids is 1. The highest BCUT2D eigenvalue weighted by atomic mass is 16.6. The lowest BCUT2D eigenvalue weighted by molar-refractivity contribution is -0.385. The summed E-state index contributed by atoms with van der Waals surface area (Å²) in [4.78, 5) is 23.6. The molecule has 0 radical (unpaired) electrons. The molecule has 1 aromatic carbocycles. The third-order valence-electron chi connectivity index (χ3n) is 2.72. The molecule has 1 amide bonds. The molecule has 1 aromatic rings. The fraction of sp³-hybridized carbons (Fsp3) is 0.300. The maximum absolute atomic E-state index is 11.9. The van der Waals surface area contributed by atoms with Crippen molar-refractivity contribution in [3.05, 3.63) is 33.9 Å². The molecule has 1 aliphatic heterocycles. The van der Waals surface area contributed by atoms with Gasteiger partial charge < -0.3 is 10.2 Å². The van der Waals surface area contributed by atoms with E-state index in [1.165, 1.54) is 11.0 Å². The molecule has 6 nitrogen and oxygen atoms in total. The number of nitrogens with zero attached hydrogens (tertiary/aromatic N) is 2. The van der Waals surface area contributed by atoms with Gasteiger partial charge in [0.05, 0.1) is 16.8 Å². The van der Waals surface area contributed by atoms with Gasteiger partial charge in [-0.25, -0.2) is 0 Å². The van der Waals surface area contributed by atoms with Crippen molar-refractivity contribution in [2.45, 2.75) is 13.1 Å². The van der Waals surface area contributed by atoms with Crippen molar-refractivity contribution in [2.75, 3.05) is 12.4 Å². The molecule has 2 rings (SSSR count). The van der Waals surface area contributed by atoms with Gasteiger partial charge in [-0.05, 0) is 13.0 Å². The fourth-order valence-electron chi connectivity index (χ4n) is 1.71. The summed E-state index contributed by atoms with van der Waals surface area (Å²) in [6.07, 6.45) is -0.165. The second kappa shape index (κ2) is 3.48. The summed E-state index contributed by atoms with van der Waals surface area (Å²) >= 11 is 0. The number of carbonyl (C=O) groups is 1. The van der Waals surface area contributed by atoms with Crippen LogP contribution >= 0.6 is 0 Å². The highest BCUT2D eigenvalue weighted by Crippen LogP contribution is 2.31. The van der Waals surface area contributed by atoms with Crippen LogP contribution in [0.3, 0.4) is 0 Å². The SMILES string of the molecule is CC1Nc2cccc([N+](=O)[O-])c2C(=O)N1C. The fourth-order valence-corrected chi connectivity index (χ4v) is 1.71. The Hall–Kier alpha value is -2.11. The number of benzene rings is 1. The monoisotopic (exact) mass is 221 g/mol. The average molecular weight is 221 g/mol. The van der Waals surface area contributed by atoms with Crippen LogP contribution in [-0.4, -0.2) is 28.9 Å². The van der Waals surface area contributed by atoms with Gasteiger partial charge >= 0.3 is 0 Å². The highest BCUT2D eigenvalue weighted by molar-refractivity contribution is 6.05. The van der Waals surface area contributed by atoms with Crippen molar-refractivity contribution in [1.29, 1.82) is 0 Å². The van der Waals surface area contributed by atoms with Crippen molar-refractivity contribution >= 4 is 17.3 Å². The van der Waals surface area contributed by atoms with E-state index in [1.807, 2.05) is 6.92 Å². The Morgan fingerprint density at radius 1 is 1.50 bits per heavy atom.